The van der Waals surface area contributed by atoms with Gasteiger partial charge in [0.1, 0.15) is 5.76 Å². The highest BCUT2D eigenvalue weighted by Gasteiger charge is 2.01. The quantitative estimate of drug-likeness (QED) is 0.232. The van der Waals surface area contributed by atoms with Crippen LogP contribution >= 0.6 is 0 Å². The van der Waals surface area contributed by atoms with Crippen LogP contribution in [0.15, 0.2) is 24.0 Å². The van der Waals surface area contributed by atoms with Crippen LogP contribution in [0.2, 0.25) is 0 Å². The zero-order valence-corrected chi connectivity index (χ0v) is 12.2. The molecule has 0 bridgehead atoms. The summed E-state index contributed by atoms with van der Waals surface area (Å²) in [7, 11) is 0. The molecule has 0 N–H and O–H groups in total. The Kier molecular flexibility index (Phi) is 11.7. The minimum absolute atomic E-state index is 0.208. The molecule has 0 aliphatic carbocycles. The number of allylic oxidation sites excluding steroid dienone is 4. The molecule has 0 aromatic rings. The maximum Gasteiger partial charge on any atom is 0.307 e. The summed E-state index contributed by atoms with van der Waals surface area (Å²) in [6, 6.07) is 0. The third-order valence-corrected chi connectivity index (χ3v) is 2.60. The maximum atomic E-state index is 11.0. The summed E-state index contributed by atoms with van der Waals surface area (Å²) in [4.78, 5) is 11.0. The predicted octanol–water partition coefficient (Wildman–Crippen LogP) is 5.15. The topological polar surface area (TPSA) is 26.3 Å². The second-order valence-corrected chi connectivity index (χ2v) is 4.56. The summed E-state index contributed by atoms with van der Waals surface area (Å²) < 4.78 is 5.20. The van der Waals surface area contributed by atoms with Crippen LogP contribution in [0, 0.1) is 0 Å². The predicted molar refractivity (Wildman–Crippen MR) is 77.3 cm³/mol. The molecular weight excluding hydrogens is 224 g/mol. The van der Waals surface area contributed by atoms with Gasteiger partial charge in [-0.3, -0.25) is 4.79 Å². The van der Waals surface area contributed by atoms with Crippen molar-refractivity contribution >= 4 is 5.97 Å². The first-order valence-corrected chi connectivity index (χ1v) is 7.23. The number of hydrogen-bond donors (Lipinski definition) is 0. The molecule has 0 radical (unpaired) electrons. The molecule has 0 aromatic heterocycles. The monoisotopic (exact) mass is 252 g/mol. The molecule has 0 amide bonds. The SMILES string of the molecule is CCCC=CCCCC/C(=C/CCC)OC(C)=O. The fraction of sp³-hybridized carbons (Fsp3) is 0.688. The van der Waals surface area contributed by atoms with Crippen molar-refractivity contribution in [2.45, 2.75) is 72.1 Å². The van der Waals surface area contributed by atoms with Gasteiger partial charge in [-0.15, -0.1) is 0 Å². The smallest absolute Gasteiger partial charge is 0.307 e. The molecule has 0 spiro atoms. The van der Waals surface area contributed by atoms with Crippen molar-refractivity contribution in [3.63, 3.8) is 0 Å². The molecule has 0 saturated heterocycles. The third kappa shape index (κ3) is 11.4. The van der Waals surface area contributed by atoms with Gasteiger partial charge in [-0.2, -0.15) is 0 Å². The second-order valence-electron chi connectivity index (χ2n) is 4.56. The Balaban J connectivity index is 3.79. The lowest BCUT2D eigenvalue weighted by Gasteiger charge is -2.06. The van der Waals surface area contributed by atoms with E-state index in [1.54, 1.807) is 0 Å². The lowest BCUT2D eigenvalue weighted by Crippen LogP contribution is -1.99. The van der Waals surface area contributed by atoms with Crippen LogP contribution in [0.25, 0.3) is 0 Å². The molecule has 0 aliphatic rings. The van der Waals surface area contributed by atoms with E-state index in [0.717, 1.165) is 44.3 Å². The van der Waals surface area contributed by atoms with Crippen LogP contribution in [-0.2, 0) is 9.53 Å². The number of carbonyl (C=O) groups excluding carboxylic acids is 1. The summed E-state index contributed by atoms with van der Waals surface area (Å²) in [5.41, 5.74) is 0. The molecule has 0 rings (SSSR count). The minimum Gasteiger partial charge on any atom is -0.432 e. The molecule has 18 heavy (non-hydrogen) atoms. The number of hydrogen-bond acceptors (Lipinski definition) is 2. The molecule has 2 heteroatoms. The van der Waals surface area contributed by atoms with Gasteiger partial charge >= 0.3 is 5.97 Å². The summed E-state index contributed by atoms with van der Waals surface area (Å²) in [6.07, 6.45) is 15.3. The third-order valence-electron chi connectivity index (χ3n) is 2.60. The molecule has 0 fully saturated rings. The van der Waals surface area contributed by atoms with Gasteiger partial charge in [0.25, 0.3) is 0 Å². The summed E-state index contributed by atoms with van der Waals surface area (Å²) in [6.45, 7) is 5.78. The molecule has 0 aliphatic heterocycles. The van der Waals surface area contributed by atoms with Gasteiger partial charge in [-0.1, -0.05) is 38.8 Å². The fourth-order valence-electron chi connectivity index (χ4n) is 1.65. The van der Waals surface area contributed by atoms with E-state index < -0.39 is 0 Å². The van der Waals surface area contributed by atoms with E-state index in [1.807, 2.05) is 6.08 Å². The lowest BCUT2D eigenvalue weighted by atomic mass is 10.1. The van der Waals surface area contributed by atoms with Crippen LogP contribution in [0.1, 0.15) is 72.1 Å². The number of rotatable bonds is 10. The highest BCUT2D eigenvalue weighted by atomic mass is 16.5. The van der Waals surface area contributed by atoms with Crippen LogP contribution < -0.4 is 0 Å². The van der Waals surface area contributed by atoms with Crippen molar-refractivity contribution in [2.75, 3.05) is 0 Å². The molecule has 0 heterocycles. The van der Waals surface area contributed by atoms with Crippen molar-refractivity contribution in [1.82, 2.24) is 0 Å². The Morgan fingerprint density at radius 2 is 1.67 bits per heavy atom. The Hall–Kier alpha value is -1.05. The summed E-state index contributed by atoms with van der Waals surface area (Å²) in [5.74, 6) is 0.641. The zero-order chi connectivity index (χ0) is 13.6. The van der Waals surface area contributed by atoms with Gasteiger partial charge in [-0.05, 0) is 38.2 Å². The number of carbonyl (C=O) groups is 1. The van der Waals surface area contributed by atoms with Gasteiger partial charge in [0, 0.05) is 13.3 Å². The van der Waals surface area contributed by atoms with E-state index in [2.05, 4.69) is 26.0 Å². The molecule has 104 valence electrons. The molecule has 0 unspecified atom stereocenters. The van der Waals surface area contributed by atoms with Gasteiger partial charge in [0.15, 0.2) is 0 Å². The number of unbranched alkanes of at least 4 members (excludes halogenated alkanes) is 4. The van der Waals surface area contributed by atoms with Gasteiger partial charge in [0.2, 0.25) is 0 Å². The van der Waals surface area contributed by atoms with Crippen LogP contribution in [0.5, 0.6) is 0 Å². The van der Waals surface area contributed by atoms with Gasteiger partial charge in [-0.25, -0.2) is 0 Å². The Labute approximate surface area is 112 Å². The first-order chi connectivity index (χ1) is 8.70. The standard InChI is InChI=1S/C16H28O2/c1-4-6-8-9-10-11-12-14-16(13-7-5-2)18-15(3)17/h8-9,13H,4-7,10-12,14H2,1-3H3/b9-8?,16-13-. The van der Waals surface area contributed by atoms with E-state index in [0.29, 0.717) is 0 Å². The lowest BCUT2D eigenvalue weighted by molar-refractivity contribution is -0.137. The summed E-state index contributed by atoms with van der Waals surface area (Å²) >= 11 is 0. The van der Waals surface area contributed by atoms with Crippen molar-refractivity contribution < 1.29 is 9.53 Å². The van der Waals surface area contributed by atoms with Crippen LogP contribution in [0.3, 0.4) is 0 Å². The first-order valence-electron chi connectivity index (χ1n) is 7.23. The van der Waals surface area contributed by atoms with Gasteiger partial charge in [0.05, 0.1) is 0 Å². The van der Waals surface area contributed by atoms with Gasteiger partial charge < -0.3 is 4.74 Å². The molecule has 0 saturated carbocycles. The van der Waals surface area contributed by atoms with Crippen molar-refractivity contribution in [1.29, 1.82) is 0 Å². The van der Waals surface area contributed by atoms with E-state index in [-0.39, 0.29) is 5.97 Å². The van der Waals surface area contributed by atoms with Crippen LogP contribution in [0.4, 0.5) is 0 Å². The first kappa shape index (κ1) is 16.9. The Bertz CT molecular complexity index is 264. The second kappa shape index (κ2) is 12.4. The molecule has 2 nitrogen and oxygen atoms in total. The minimum atomic E-state index is -0.208. The van der Waals surface area contributed by atoms with E-state index >= 15 is 0 Å². The average molecular weight is 252 g/mol. The maximum absolute atomic E-state index is 11.0. The Morgan fingerprint density at radius 1 is 1.00 bits per heavy atom. The molecular formula is C16H28O2. The number of esters is 1. The highest BCUT2D eigenvalue weighted by Crippen LogP contribution is 2.13. The van der Waals surface area contributed by atoms with E-state index in [1.165, 1.54) is 19.8 Å². The molecule has 0 atom stereocenters. The number of ether oxygens (including phenoxy) is 1. The van der Waals surface area contributed by atoms with Crippen LogP contribution in [-0.4, -0.2) is 5.97 Å². The molecule has 0 aromatic carbocycles. The van der Waals surface area contributed by atoms with E-state index in [9.17, 15) is 4.79 Å². The fourth-order valence-corrected chi connectivity index (χ4v) is 1.65. The van der Waals surface area contributed by atoms with Crippen molar-refractivity contribution in [3.05, 3.63) is 24.0 Å². The highest BCUT2D eigenvalue weighted by molar-refractivity contribution is 5.67. The van der Waals surface area contributed by atoms with E-state index in [4.69, 9.17) is 4.74 Å². The average Bonchev–Trinajstić information content (AvgIpc) is 2.34. The zero-order valence-electron chi connectivity index (χ0n) is 12.2. The Morgan fingerprint density at radius 3 is 2.28 bits per heavy atom. The summed E-state index contributed by atoms with van der Waals surface area (Å²) in [5, 5.41) is 0. The van der Waals surface area contributed by atoms with Crippen molar-refractivity contribution in [2.24, 2.45) is 0 Å². The largest absolute Gasteiger partial charge is 0.432 e. The van der Waals surface area contributed by atoms with Crippen molar-refractivity contribution in [3.8, 4) is 0 Å². The normalized spacial score (nSPS) is 12.1.